The van der Waals surface area contributed by atoms with E-state index >= 15 is 0 Å². The second-order valence-corrected chi connectivity index (χ2v) is 9.57. The zero-order valence-corrected chi connectivity index (χ0v) is 20.6. The molecule has 0 saturated heterocycles. The lowest BCUT2D eigenvalue weighted by Gasteiger charge is -2.13. The summed E-state index contributed by atoms with van der Waals surface area (Å²) in [5.41, 5.74) is 0.114. The number of ether oxygens (including phenoxy) is 1. The number of rotatable bonds is 10. The average molecular weight is 498 g/mol. The Labute approximate surface area is 196 Å². The Bertz CT molecular complexity index is 1390. The van der Waals surface area contributed by atoms with Gasteiger partial charge < -0.3 is 15.0 Å². The van der Waals surface area contributed by atoms with Crippen molar-refractivity contribution in [1.82, 2.24) is 24.2 Å². The molecule has 0 atom stereocenters. The number of likely N-dealkylation sites (N-methyl/N-ethyl adjacent to an activating group) is 1. The van der Waals surface area contributed by atoms with Gasteiger partial charge in [-0.05, 0) is 38.6 Å². The largest absolute Gasteiger partial charge is 0.493 e. The molecule has 0 bridgehead atoms. The fourth-order valence-corrected chi connectivity index (χ4v) is 4.97. The molecule has 33 heavy (non-hydrogen) atoms. The number of H-pyrrole nitrogens is 1. The topological polar surface area (TPSA) is 127 Å². The third kappa shape index (κ3) is 4.72. The summed E-state index contributed by atoms with van der Waals surface area (Å²) in [6.45, 7) is 5.09. The maximum atomic E-state index is 12.8. The Morgan fingerprint density at radius 2 is 1.91 bits per heavy atom. The van der Waals surface area contributed by atoms with Crippen molar-refractivity contribution in [2.75, 3.05) is 26.7 Å². The highest BCUT2D eigenvalue weighted by Gasteiger charge is 2.24. The molecule has 0 fully saturated rings. The first-order valence-electron chi connectivity index (χ1n) is 10.6. The molecule has 0 unspecified atom stereocenters. The molecule has 3 N–H and O–H groups in total. The molecule has 0 aliphatic carbocycles. The molecular weight excluding hydrogens is 470 g/mol. The molecule has 3 aromatic rings. The summed E-state index contributed by atoms with van der Waals surface area (Å²) in [5.74, 6) is 0.390. The van der Waals surface area contributed by atoms with Crippen LogP contribution >= 0.6 is 11.6 Å². The molecule has 0 radical (unpaired) electrons. The van der Waals surface area contributed by atoms with Gasteiger partial charge in [-0.1, -0.05) is 18.5 Å². The van der Waals surface area contributed by atoms with Crippen LogP contribution in [0.25, 0.3) is 22.3 Å². The van der Waals surface area contributed by atoms with E-state index in [1.807, 2.05) is 6.92 Å². The standard InChI is InChI=1S/C21H28ClN5O5S/c1-5-11-27-19-16(22)17(25-18(19)20(28)26(4)21(27)29)14-12-13(7-8-15(14)32-6-2)33(30,31)24-10-9-23-3/h7-8,12,23-25H,5-6,9-11H2,1-4H3. The Morgan fingerprint density at radius 1 is 1.18 bits per heavy atom. The van der Waals surface area contributed by atoms with Gasteiger partial charge in [0.05, 0.1) is 27.7 Å². The molecule has 0 spiro atoms. The van der Waals surface area contributed by atoms with Crippen molar-refractivity contribution < 1.29 is 13.2 Å². The molecule has 2 heterocycles. The molecule has 0 amide bonds. The van der Waals surface area contributed by atoms with Crippen LogP contribution < -0.4 is 26.0 Å². The number of halogens is 1. The molecule has 3 rings (SSSR count). The van der Waals surface area contributed by atoms with Gasteiger partial charge in [0.1, 0.15) is 11.3 Å². The van der Waals surface area contributed by atoms with E-state index < -0.39 is 21.3 Å². The summed E-state index contributed by atoms with van der Waals surface area (Å²) in [5, 5.41) is 3.02. The Morgan fingerprint density at radius 3 is 2.55 bits per heavy atom. The van der Waals surface area contributed by atoms with Crippen LogP contribution in [0.1, 0.15) is 20.3 Å². The van der Waals surface area contributed by atoms with Crippen LogP contribution in [0.15, 0.2) is 32.7 Å². The summed E-state index contributed by atoms with van der Waals surface area (Å²) in [6, 6.07) is 4.43. The van der Waals surface area contributed by atoms with Crippen molar-refractivity contribution in [3.05, 3.63) is 44.1 Å². The third-order valence-corrected chi connectivity index (χ3v) is 6.99. The fourth-order valence-electron chi connectivity index (χ4n) is 3.57. The monoisotopic (exact) mass is 497 g/mol. The van der Waals surface area contributed by atoms with Crippen molar-refractivity contribution in [2.45, 2.75) is 31.7 Å². The summed E-state index contributed by atoms with van der Waals surface area (Å²) in [4.78, 5) is 28.5. The quantitative estimate of drug-likeness (QED) is 0.365. The van der Waals surface area contributed by atoms with E-state index in [-0.39, 0.29) is 27.5 Å². The van der Waals surface area contributed by atoms with Crippen molar-refractivity contribution in [3.63, 3.8) is 0 Å². The predicted molar refractivity (Wildman–Crippen MR) is 129 cm³/mol. The van der Waals surface area contributed by atoms with Gasteiger partial charge in [0.2, 0.25) is 10.0 Å². The molecule has 1 aromatic carbocycles. The molecule has 2 aromatic heterocycles. The maximum Gasteiger partial charge on any atom is 0.331 e. The highest BCUT2D eigenvalue weighted by Crippen LogP contribution is 2.39. The average Bonchev–Trinajstić information content (AvgIpc) is 3.12. The number of aromatic amines is 1. The lowest BCUT2D eigenvalue weighted by molar-refractivity contribution is 0.341. The maximum absolute atomic E-state index is 12.8. The van der Waals surface area contributed by atoms with Gasteiger partial charge in [0, 0.05) is 32.2 Å². The van der Waals surface area contributed by atoms with Crippen LogP contribution in [0, 0.1) is 0 Å². The van der Waals surface area contributed by atoms with E-state index in [2.05, 4.69) is 15.0 Å². The number of nitrogens with one attached hydrogen (secondary N) is 3. The Balaban J connectivity index is 2.29. The van der Waals surface area contributed by atoms with E-state index in [1.165, 1.54) is 23.7 Å². The number of hydrogen-bond donors (Lipinski definition) is 3. The SMILES string of the molecule is CCCn1c(=O)n(C)c(=O)c2[nH]c(-c3cc(S(=O)(=O)NCCNC)ccc3OCC)c(Cl)c21. The van der Waals surface area contributed by atoms with Crippen molar-refractivity contribution in [3.8, 4) is 17.0 Å². The van der Waals surface area contributed by atoms with Crippen LogP contribution in [0.3, 0.4) is 0 Å². The van der Waals surface area contributed by atoms with Crippen LogP contribution in [0.2, 0.25) is 5.02 Å². The first-order chi connectivity index (χ1) is 15.7. The fraction of sp³-hybridized carbons (Fsp3) is 0.429. The minimum atomic E-state index is -3.80. The van der Waals surface area contributed by atoms with E-state index in [4.69, 9.17) is 16.3 Å². The molecule has 12 heteroatoms. The first kappa shape index (κ1) is 25.0. The van der Waals surface area contributed by atoms with E-state index in [0.29, 0.717) is 43.1 Å². The number of aryl methyl sites for hydroxylation is 1. The summed E-state index contributed by atoms with van der Waals surface area (Å²) in [7, 11) is -0.671. The van der Waals surface area contributed by atoms with Crippen molar-refractivity contribution in [2.24, 2.45) is 7.05 Å². The summed E-state index contributed by atoms with van der Waals surface area (Å²) >= 11 is 6.70. The van der Waals surface area contributed by atoms with E-state index in [0.717, 1.165) is 4.57 Å². The number of hydrogen-bond acceptors (Lipinski definition) is 6. The molecule has 10 nitrogen and oxygen atoms in total. The van der Waals surface area contributed by atoms with Gasteiger partial charge in [-0.3, -0.25) is 13.9 Å². The minimum Gasteiger partial charge on any atom is -0.493 e. The van der Waals surface area contributed by atoms with Gasteiger partial charge in [-0.15, -0.1) is 0 Å². The van der Waals surface area contributed by atoms with Gasteiger partial charge in [-0.25, -0.2) is 17.9 Å². The van der Waals surface area contributed by atoms with E-state index in [1.54, 1.807) is 20.0 Å². The van der Waals surface area contributed by atoms with Crippen molar-refractivity contribution in [1.29, 1.82) is 0 Å². The molecule has 0 aliphatic heterocycles. The van der Waals surface area contributed by atoms with Gasteiger partial charge >= 0.3 is 5.69 Å². The highest BCUT2D eigenvalue weighted by molar-refractivity contribution is 7.89. The number of sulfonamides is 1. The first-order valence-corrected chi connectivity index (χ1v) is 12.5. The zero-order valence-electron chi connectivity index (χ0n) is 19.0. The second kappa shape index (κ2) is 10.1. The Hall–Kier alpha value is -2.60. The number of benzene rings is 1. The number of fused-ring (bicyclic) bond motifs is 1. The lowest BCUT2D eigenvalue weighted by atomic mass is 10.1. The summed E-state index contributed by atoms with van der Waals surface area (Å²) < 4.78 is 36.3. The van der Waals surface area contributed by atoms with Crippen LogP contribution in [-0.2, 0) is 23.6 Å². The summed E-state index contributed by atoms with van der Waals surface area (Å²) in [6.07, 6.45) is 0.653. The smallest absolute Gasteiger partial charge is 0.331 e. The minimum absolute atomic E-state index is 0.0191. The number of nitrogens with zero attached hydrogens (tertiary/aromatic N) is 2. The molecular formula is C21H28ClN5O5S. The predicted octanol–water partition coefficient (Wildman–Crippen LogP) is 1.66. The van der Waals surface area contributed by atoms with Gasteiger partial charge in [0.25, 0.3) is 5.56 Å². The normalized spacial score (nSPS) is 11.9. The molecule has 180 valence electrons. The number of aromatic nitrogens is 3. The van der Waals surface area contributed by atoms with Crippen LogP contribution in [-0.4, -0.2) is 49.3 Å². The molecule has 0 saturated carbocycles. The zero-order chi connectivity index (χ0) is 24.3. The third-order valence-electron chi connectivity index (χ3n) is 5.17. The van der Waals surface area contributed by atoms with Crippen LogP contribution in [0.5, 0.6) is 5.75 Å². The van der Waals surface area contributed by atoms with Gasteiger partial charge in [-0.2, -0.15) is 0 Å². The Kier molecular flexibility index (Phi) is 7.68. The van der Waals surface area contributed by atoms with E-state index in [9.17, 15) is 18.0 Å². The van der Waals surface area contributed by atoms with Gasteiger partial charge in [0.15, 0.2) is 0 Å². The lowest BCUT2D eigenvalue weighted by Crippen LogP contribution is -2.38. The second-order valence-electron chi connectivity index (χ2n) is 7.43. The molecule has 0 aliphatic rings. The van der Waals surface area contributed by atoms with Crippen LogP contribution in [0.4, 0.5) is 0 Å². The van der Waals surface area contributed by atoms with Crippen molar-refractivity contribution >= 4 is 32.7 Å². The highest BCUT2D eigenvalue weighted by atomic mass is 35.5.